The van der Waals surface area contributed by atoms with E-state index >= 15 is 0 Å². The minimum Gasteiger partial charge on any atom is -0.396 e. The van der Waals surface area contributed by atoms with Crippen LogP contribution in [0.25, 0.3) is 0 Å². The van der Waals surface area contributed by atoms with Crippen molar-refractivity contribution < 1.29 is 5.11 Å². The third-order valence-electron chi connectivity index (χ3n) is 2.84. The monoisotopic (exact) mass is 210 g/mol. The zero-order chi connectivity index (χ0) is 11.4. The van der Waals surface area contributed by atoms with Gasteiger partial charge in [-0.25, -0.2) is 0 Å². The van der Waals surface area contributed by atoms with Crippen LogP contribution in [0, 0.1) is 11.8 Å². The van der Waals surface area contributed by atoms with Crippen LogP contribution >= 0.6 is 0 Å². The number of aromatic nitrogens is 2. The maximum absolute atomic E-state index is 9.24. The second-order valence-corrected chi connectivity index (χ2v) is 4.77. The molecule has 1 heterocycles. The first-order valence-electron chi connectivity index (χ1n) is 5.69. The van der Waals surface area contributed by atoms with Gasteiger partial charge in [-0.05, 0) is 38.2 Å². The summed E-state index contributed by atoms with van der Waals surface area (Å²) in [6.07, 6.45) is 2.88. The van der Waals surface area contributed by atoms with Crippen LogP contribution in [0.5, 0.6) is 0 Å². The number of aliphatic hydroxyl groups is 1. The molecule has 0 fully saturated rings. The average molecular weight is 210 g/mol. The molecule has 0 saturated heterocycles. The van der Waals surface area contributed by atoms with Crippen molar-refractivity contribution in [2.45, 2.75) is 40.2 Å². The number of nitrogens with zero attached hydrogens (tertiary/aromatic N) is 2. The Hall–Kier alpha value is -0.830. The Morgan fingerprint density at radius 1 is 1.33 bits per heavy atom. The predicted octanol–water partition coefficient (Wildman–Crippen LogP) is 2.27. The maximum Gasteiger partial charge on any atom is 0.0628 e. The van der Waals surface area contributed by atoms with Crippen molar-refractivity contribution in [2.75, 3.05) is 6.61 Å². The van der Waals surface area contributed by atoms with Gasteiger partial charge in [0, 0.05) is 18.8 Å². The first kappa shape index (κ1) is 12.2. The SMILES string of the molecule is CC(C)C(CO)Cc1ccn(C(C)C)n1. The van der Waals surface area contributed by atoms with Gasteiger partial charge in [-0.2, -0.15) is 5.10 Å². The lowest BCUT2D eigenvalue weighted by Crippen LogP contribution is -2.16. The van der Waals surface area contributed by atoms with Crippen LogP contribution in [0.15, 0.2) is 12.3 Å². The molecule has 0 spiro atoms. The highest BCUT2D eigenvalue weighted by Crippen LogP contribution is 2.16. The molecule has 3 nitrogen and oxygen atoms in total. The van der Waals surface area contributed by atoms with Crippen molar-refractivity contribution in [3.8, 4) is 0 Å². The lowest BCUT2D eigenvalue weighted by molar-refractivity contribution is 0.188. The van der Waals surface area contributed by atoms with Gasteiger partial charge in [0.1, 0.15) is 0 Å². The molecule has 1 aromatic rings. The molecule has 0 aliphatic rings. The zero-order valence-corrected chi connectivity index (χ0v) is 10.1. The van der Waals surface area contributed by atoms with E-state index < -0.39 is 0 Å². The Labute approximate surface area is 92.1 Å². The summed E-state index contributed by atoms with van der Waals surface area (Å²) in [6, 6.07) is 2.45. The lowest BCUT2D eigenvalue weighted by Gasteiger charge is -2.16. The van der Waals surface area contributed by atoms with E-state index in [4.69, 9.17) is 0 Å². The Morgan fingerprint density at radius 3 is 2.40 bits per heavy atom. The van der Waals surface area contributed by atoms with Crippen LogP contribution in [0.4, 0.5) is 0 Å². The van der Waals surface area contributed by atoms with Crippen molar-refractivity contribution in [3.05, 3.63) is 18.0 Å². The Balaban J connectivity index is 2.63. The number of rotatable bonds is 5. The predicted molar refractivity (Wildman–Crippen MR) is 61.7 cm³/mol. The fourth-order valence-electron chi connectivity index (χ4n) is 1.55. The molecule has 1 unspecified atom stereocenters. The molecule has 0 bridgehead atoms. The zero-order valence-electron chi connectivity index (χ0n) is 10.1. The van der Waals surface area contributed by atoms with Crippen molar-refractivity contribution >= 4 is 0 Å². The van der Waals surface area contributed by atoms with Gasteiger partial charge in [0.15, 0.2) is 0 Å². The highest BCUT2D eigenvalue weighted by Gasteiger charge is 2.14. The molecule has 1 rings (SSSR count). The van der Waals surface area contributed by atoms with Gasteiger partial charge in [-0.15, -0.1) is 0 Å². The van der Waals surface area contributed by atoms with Gasteiger partial charge in [0.05, 0.1) is 5.69 Å². The molecule has 1 N–H and O–H groups in total. The van der Waals surface area contributed by atoms with E-state index in [1.165, 1.54) is 0 Å². The molecule has 3 heteroatoms. The van der Waals surface area contributed by atoms with E-state index in [1.54, 1.807) is 0 Å². The molecule has 0 amide bonds. The molecule has 0 saturated carbocycles. The van der Waals surface area contributed by atoms with Crippen molar-refractivity contribution in [1.82, 2.24) is 9.78 Å². The second-order valence-electron chi connectivity index (χ2n) is 4.77. The minimum absolute atomic E-state index is 0.242. The second kappa shape index (κ2) is 5.31. The summed E-state index contributed by atoms with van der Waals surface area (Å²) in [5, 5.41) is 13.7. The van der Waals surface area contributed by atoms with E-state index in [9.17, 15) is 5.11 Å². The van der Waals surface area contributed by atoms with Gasteiger partial charge < -0.3 is 5.11 Å². The number of hydrogen-bond acceptors (Lipinski definition) is 2. The largest absolute Gasteiger partial charge is 0.396 e. The molecule has 15 heavy (non-hydrogen) atoms. The third kappa shape index (κ3) is 3.34. The van der Waals surface area contributed by atoms with E-state index in [-0.39, 0.29) is 6.61 Å². The molecule has 1 atom stereocenters. The van der Waals surface area contributed by atoms with E-state index in [1.807, 2.05) is 16.9 Å². The Kier molecular flexibility index (Phi) is 4.33. The summed E-state index contributed by atoms with van der Waals surface area (Å²) in [4.78, 5) is 0. The van der Waals surface area contributed by atoms with Crippen LogP contribution in [0.3, 0.4) is 0 Å². The highest BCUT2D eigenvalue weighted by atomic mass is 16.3. The third-order valence-corrected chi connectivity index (χ3v) is 2.84. The average Bonchev–Trinajstić information content (AvgIpc) is 2.61. The van der Waals surface area contributed by atoms with Crippen molar-refractivity contribution in [2.24, 2.45) is 11.8 Å². The molecule has 1 aromatic heterocycles. The minimum atomic E-state index is 0.242. The smallest absolute Gasteiger partial charge is 0.0628 e. The lowest BCUT2D eigenvalue weighted by atomic mass is 9.92. The van der Waals surface area contributed by atoms with Crippen molar-refractivity contribution in [1.29, 1.82) is 0 Å². The van der Waals surface area contributed by atoms with Crippen LogP contribution in [0.2, 0.25) is 0 Å². The topological polar surface area (TPSA) is 38.0 Å². The quantitative estimate of drug-likeness (QED) is 0.809. The fraction of sp³-hybridized carbons (Fsp3) is 0.750. The highest BCUT2D eigenvalue weighted by molar-refractivity contribution is 5.01. The maximum atomic E-state index is 9.24. The fourth-order valence-corrected chi connectivity index (χ4v) is 1.55. The molecule has 0 aliphatic carbocycles. The van der Waals surface area contributed by atoms with Gasteiger partial charge >= 0.3 is 0 Å². The first-order chi connectivity index (χ1) is 7.04. The number of aliphatic hydroxyl groups excluding tert-OH is 1. The molecular formula is C12H22N2O. The van der Waals surface area contributed by atoms with Gasteiger partial charge in [-0.1, -0.05) is 13.8 Å². The molecular weight excluding hydrogens is 188 g/mol. The van der Waals surface area contributed by atoms with Crippen LogP contribution in [-0.2, 0) is 6.42 Å². The Morgan fingerprint density at radius 2 is 2.00 bits per heavy atom. The van der Waals surface area contributed by atoms with Crippen LogP contribution in [-0.4, -0.2) is 21.5 Å². The van der Waals surface area contributed by atoms with Crippen LogP contribution < -0.4 is 0 Å². The van der Waals surface area contributed by atoms with E-state index in [2.05, 4.69) is 32.8 Å². The van der Waals surface area contributed by atoms with E-state index in [0.717, 1.165) is 12.1 Å². The summed E-state index contributed by atoms with van der Waals surface area (Å²) in [7, 11) is 0. The Bertz CT molecular complexity index is 292. The normalized spacial score (nSPS) is 13.8. The summed E-state index contributed by atoms with van der Waals surface area (Å²) < 4.78 is 1.96. The summed E-state index contributed by atoms with van der Waals surface area (Å²) in [5.41, 5.74) is 1.08. The molecule has 86 valence electrons. The summed E-state index contributed by atoms with van der Waals surface area (Å²) in [6.45, 7) is 8.75. The van der Waals surface area contributed by atoms with Crippen molar-refractivity contribution in [3.63, 3.8) is 0 Å². The van der Waals surface area contributed by atoms with Crippen LogP contribution in [0.1, 0.15) is 39.4 Å². The van der Waals surface area contributed by atoms with Gasteiger partial charge in [-0.3, -0.25) is 4.68 Å². The summed E-state index contributed by atoms with van der Waals surface area (Å²) >= 11 is 0. The van der Waals surface area contributed by atoms with Gasteiger partial charge in [0.25, 0.3) is 0 Å². The standard InChI is InChI=1S/C12H22N2O/c1-9(2)11(8-15)7-12-5-6-14(13-12)10(3)4/h5-6,9-11,15H,7-8H2,1-4H3. The van der Waals surface area contributed by atoms with Gasteiger partial charge in [0.2, 0.25) is 0 Å². The molecule has 0 aromatic carbocycles. The summed E-state index contributed by atoms with van der Waals surface area (Å²) in [5.74, 6) is 0.819. The van der Waals surface area contributed by atoms with E-state index in [0.29, 0.717) is 17.9 Å². The first-order valence-corrected chi connectivity index (χ1v) is 5.69. The molecule has 0 aliphatic heterocycles. The number of hydrogen-bond donors (Lipinski definition) is 1. The molecule has 0 radical (unpaired) electrons.